The van der Waals surface area contributed by atoms with E-state index in [1.54, 1.807) is 12.1 Å². The average Bonchev–Trinajstić information content (AvgIpc) is 2.38. The Morgan fingerprint density at radius 3 is 2.71 bits per heavy atom. The predicted octanol–water partition coefficient (Wildman–Crippen LogP) is 3.02. The number of rotatable bonds is 2. The van der Waals surface area contributed by atoms with Gasteiger partial charge in [0.15, 0.2) is 0 Å². The van der Waals surface area contributed by atoms with Crippen molar-refractivity contribution in [3.05, 3.63) is 35.9 Å². The summed E-state index contributed by atoms with van der Waals surface area (Å²) in [6, 6.07) is 8.97. The molecule has 1 aromatic rings. The lowest BCUT2D eigenvalue weighted by molar-refractivity contribution is 0.0422. The molecule has 0 bridgehead atoms. The molecule has 0 amide bonds. The molecule has 1 aromatic carbocycles. The Labute approximate surface area is 100 Å². The van der Waals surface area contributed by atoms with Gasteiger partial charge in [0.05, 0.1) is 11.3 Å². The molecule has 2 aliphatic rings. The highest BCUT2D eigenvalue weighted by atomic mass is 16.7. The van der Waals surface area contributed by atoms with Crippen LogP contribution in [0.15, 0.2) is 35.5 Å². The maximum absolute atomic E-state index is 11.7. The zero-order chi connectivity index (χ0) is 11.9. The molecule has 3 nitrogen and oxygen atoms in total. The Hall–Kier alpha value is -1.64. The summed E-state index contributed by atoms with van der Waals surface area (Å²) < 4.78 is 0. The highest BCUT2D eigenvalue weighted by molar-refractivity contribution is 5.98. The molecule has 3 rings (SSSR count). The van der Waals surface area contributed by atoms with E-state index in [1.807, 2.05) is 18.2 Å². The largest absolute Gasteiger partial charge is 0.365 e. The van der Waals surface area contributed by atoms with E-state index in [4.69, 9.17) is 4.84 Å². The Kier molecular flexibility index (Phi) is 2.28. The predicted molar refractivity (Wildman–Crippen MR) is 64.7 cm³/mol. The van der Waals surface area contributed by atoms with Gasteiger partial charge in [0.1, 0.15) is 0 Å². The second kappa shape index (κ2) is 3.69. The van der Waals surface area contributed by atoms with Crippen molar-refractivity contribution in [2.75, 3.05) is 0 Å². The van der Waals surface area contributed by atoms with Crippen molar-refractivity contribution < 1.29 is 9.63 Å². The lowest BCUT2D eigenvalue weighted by Gasteiger charge is -2.56. The van der Waals surface area contributed by atoms with Crippen LogP contribution in [0.3, 0.4) is 0 Å². The molecule has 2 unspecified atom stereocenters. The molecule has 0 N–H and O–H groups in total. The van der Waals surface area contributed by atoms with E-state index >= 15 is 0 Å². The van der Waals surface area contributed by atoms with Crippen LogP contribution in [0.5, 0.6) is 0 Å². The first-order valence-electron chi connectivity index (χ1n) is 6.04. The SMILES string of the molecule is CC12CCC1C/C2=N/OC(=O)c1ccccc1. The van der Waals surface area contributed by atoms with Gasteiger partial charge >= 0.3 is 5.97 Å². The summed E-state index contributed by atoms with van der Waals surface area (Å²) in [5.74, 6) is 0.404. The molecule has 2 fully saturated rings. The van der Waals surface area contributed by atoms with Crippen molar-refractivity contribution in [3.8, 4) is 0 Å². The first-order valence-corrected chi connectivity index (χ1v) is 6.04. The third kappa shape index (κ3) is 1.57. The van der Waals surface area contributed by atoms with E-state index in [-0.39, 0.29) is 11.4 Å². The van der Waals surface area contributed by atoms with Crippen LogP contribution in [0, 0.1) is 11.3 Å². The van der Waals surface area contributed by atoms with Gasteiger partial charge in [0.2, 0.25) is 0 Å². The monoisotopic (exact) mass is 229 g/mol. The Morgan fingerprint density at radius 1 is 1.41 bits per heavy atom. The van der Waals surface area contributed by atoms with E-state index in [2.05, 4.69) is 12.1 Å². The zero-order valence-electron chi connectivity index (χ0n) is 9.85. The van der Waals surface area contributed by atoms with Gasteiger partial charge in [0.25, 0.3) is 0 Å². The van der Waals surface area contributed by atoms with Crippen molar-refractivity contribution in [1.82, 2.24) is 0 Å². The number of nitrogens with zero attached hydrogens (tertiary/aromatic N) is 1. The van der Waals surface area contributed by atoms with Crippen molar-refractivity contribution in [2.45, 2.75) is 26.2 Å². The molecule has 17 heavy (non-hydrogen) atoms. The number of carbonyl (C=O) groups is 1. The Balaban J connectivity index is 1.66. The van der Waals surface area contributed by atoms with Crippen LogP contribution in [-0.4, -0.2) is 11.7 Å². The number of hydrogen-bond donors (Lipinski definition) is 0. The lowest BCUT2D eigenvalue weighted by Crippen LogP contribution is -2.55. The van der Waals surface area contributed by atoms with E-state index in [9.17, 15) is 4.79 Å². The molecule has 0 spiro atoms. The fourth-order valence-corrected chi connectivity index (χ4v) is 2.69. The zero-order valence-corrected chi connectivity index (χ0v) is 9.85. The first-order chi connectivity index (χ1) is 8.20. The molecular formula is C14H15NO2. The van der Waals surface area contributed by atoms with Crippen molar-refractivity contribution in [1.29, 1.82) is 0 Å². The molecule has 88 valence electrons. The molecule has 0 saturated heterocycles. The van der Waals surface area contributed by atoms with Gasteiger partial charge in [-0.15, -0.1) is 0 Å². The standard InChI is InChI=1S/C14H15NO2/c1-14-8-7-11(14)9-12(14)15-17-13(16)10-5-3-2-4-6-10/h2-6,11H,7-9H2,1H3/b15-12-. The van der Waals surface area contributed by atoms with Gasteiger partial charge in [-0.05, 0) is 37.3 Å². The van der Waals surface area contributed by atoms with Gasteiger partial charge in [-0.3, -0.25) is 0 Å². The Morgan fingerprint density at radius 2 is 2.18 bits per heavy atom. The molecule has 0 aliphatic heterocycles. The molecule has 2 atom stereocenters. The van der Waals surface area contributed by atoms with Crippen LogP contribution in [0.2, 0.25) is 0 Å². The summed E-state index contributed by atoms with van der Waals surface area (Å²) in [6.45, 7) is 2.21. The normalized spacial score (nSPS) is 32.3. The van der Waals surface area contributed by atoms with E-state index in [1.165, 1.54) is 12.8 Å². The number of fused-ring (bicyclic) bond motifs is 1. The number of oxime groups is 1. The van der Waals surface area contributed by atoms with Crippen LogP contribution < -0.4 is 0 Å². The van der Waals surface area contributed by atoms with Crippen molar-refractivity contribution >= 4 is 11.7 Å². The quantitative estimate of drug-likeness (QED) is 0.577. The minimum absolute atomic E-state index is 0.233. The smallest absolute Gasteiger partial charge is 0.313 e. The molecule has 2 saturated carbocycles. The lowest BCUT2D eigenvalue weighted by atomic mass is 9.47. The van der Waals surface area contributed by atoms with Crippen LogP contribution in [0.25, 0.3) is 0 Å². The third-order valence-electron chi connectivity index (χ3n) is 4.26. The minimum Gasteiger partial charge on any atom is -0.313 e. The first kappa shape index (κ1) is 10.5. The summed E-state index contributed by atoms with van der Waals surface area (Å²) >= 11 is 0. The second-order valence-corrected chi connectivity index (χ2v) is 5.14. The van der Waals surface area contributed by atoms with Gasteiger partial charge < -0.3 is 4.84 Å². The van der Waals surface area contributed by atoms with Crippen molar-refractivity contribution in [2.24, 2.45) is 16.5 Å². The summed E-state index contributed by atoms with van der Waals surface area (Å²) in [7, 11) is 0. The molecule has 0 heterocycles. The number of carbonyl (C=O) groups excluding carboxylic acids is 1. The van der Waals surface area contributed by atoms with Crippen LogP contribution in [-0.2, 0) is 4.84 Å². The number of hydrogen-bond acceptors (Lipinski definition) is 3. The third-order valence-corrected chi connectivity index (χ3v) is 4.26. The Bertz CT molecular complexity index is 480. The molecule has 0 aromatic heterocycles. The number of benzene rings is 1. The summed E-state index contributed by atoms with van der Waals surface area (Å²) in [5, 5.41) is 4.03. The van der Waals surface area contributed by atoms with E-state index < -0.39 is 0 Å². The fraction of sp³-hybridized carbons (Fsp3) is 0.429. The summed E-state index contributed by atoms with van der Waals surface area (Å²) in [4.78, 5) is 16.7. The average molecular weight is 229 g/mol. The highest BCUT2D eigenvalue weighted by Gasteiger charge is 2.55. The summed E-state index contributed by atoms with van der Waals surface area (Å²) in [5.41, 5.74) is 1.83. The van der Waals surface area contributed by atoms with Crippen LogP contribution in [0.1, 0.15) is 36.5 Å². The molecule has 0 radical (unpaired) electrons. The van der Waals surface area contributed by atoms with E-state index in [0.29, 0.717) is 5.56 Å². The van der Waals surface area contributed by atoms with Gasteiger partial charge in [-0.1, -0.05) is 30.3 Å². The summed E-state index contributed by atoms with van der Waals surface area (Å²) in [6.07, 6.45) is 3.47. The maximum Gasteiger partial charge on any atom is 0.365 e. The van der Waals surface area contributed by atoms with Gasteiger partial charge in [-0.25, -0.2) is 4.79 Å². The molecule has 2 aliphatic carbocycles. The van der Waals surface area contributed by atoms with Crippen LogP contribution in [0.4, 0.5) is 0 Å². The van der Waals surface area contributed by atoms with Crippen molar-refractivity contribution in [3.63, 3.8) is 0 Å². The molecular weight excluding hydrogens is 214 g/mol. The van der Waals surface area contributed by atoms with Gasteiger partial charge in [-0.2, -0.15) is 0 Å². The van der Waals surface area contributed by atoms with Crippen LogP contribution >= 0.6 is 0 Å². The molecule has 3 heteroatoms. The second-order valence-electron chi connectivity index (χ2n) is 5.14. The topological polar surface area (TPSA) is 38.7 Å². The highest BCUT2D eigenvalue weighted by Crippen LogP contribution is 2.58. The maximum atomic E-state index is 11.7. The van der Waals surface area contributed by atoms with E-state index in [0.717, 1.165) is 18.1 Å². The van der Waals surface area contributed by atoms with Gasteiger partial charge in [0, 0.05) is 5.41 Å². The fourth-order valence-electron chi connectivity index (χ4n) is 2.69. The minimum atomic E-state index is -0.371.